The lowest BCUT2D eigenvalue weighted by molar-refractivity contribution is 0.107. The second-order valence-corrected chi connectivity index (χ2v) is 2.59. The Kier molecular flexibility index (Phi) is 3.25. The average molecular weight is 169 g/mol. The van der Waals surface area contributed by atoms with E-state index in [1.165, 1.54) is 0 Å². The number of imidazole rings is 1. The lowest BCUT2D eigenvalue weighted by atomic mass is 10.3. The molecule has 0 aliphatic heterocycles. The van der Waals surface area contributed by atoms with Gasteiger partial charge in [0.2, 0.25) is 0 Å². The zero-order valence-corrected chi connectivity index (χ0v) is 7.53. The summed E-state index contributed by atoms with van der Waals surface area (Å²) in [5.74, 6) is 0. The first-order valence-corrected chi connectivity index (χ1v) is 4.06. The fraction of sp³-hybridized carbons (Fsp3) is 0.625. The topological polar surface area (TPSA) is 53.1 Å². The van der Waals surface area contributed by atoms with Crippen LogP contribution in [0.15, 0.2) is 12.5 Å². The van der Waals surface area contributed by atoms with E-state index >= 15 is 0 Å². The Morgan fingerprint density at radius 1 is 1.75 bits per heavy atom. The molecular formula is C8H15N3O. The first-order chi connectivity index (χ1) is 5.81. The Morgan fingerprint density at radius 3 is 2.92 bits per heavy atom. The van der Waals surface area contributed by atoms with Gasteiger partial charge in [0.25, 0.3) is 0 Å². The van der Waals surface area contributed by atoms with Gasteiger partial charge in [-0.1, -0.05) is 0 Å². The molecule has 1 aromatic heterocycles. The first kappa shape index (κ1) is 9.22. The smallest absolute Gasteiger partial charge is 0.113 e. The van der Waals surface area contributed by atoms with Gasteiger partial charge >= 0.3 is 0 Å². The van der Waals surface area contributed by atoms with Gasteiger partial charge < -0.3 is 15.0 Å². The molecule has 12 heavy (non-hydrogen) atoms. The molecular weight excluding hydrogens is 154 g/mol. The van der Waals surface area contributed by atoms with Crippen molar-refractivity contribution >= 4 is 0 Å². The van der Waals surface area contributed by atoms with Crippen LogP contribution in [0.4, 0.5) is 0 Å². The van der Waals surface area contributed by atoms with E-state index in [2.05, 4.69) is 11.9 Å². The van der Waals surface area contributed by atoms with Crippen LogP contribution in [0.2, 0.25) is 0 Å². The van der Waals surface area contributed by atoms with Crippen molar-refractivity contribution in [1.29, 1.82) is 0 Å². The molecule has 0 amide bonds. The van der Waals surface area contributed by atoms with Crippen molar-refractivity contribution in [3.63, 3.8) is 0 Å². The van der Waals surface area contributed by atoms with Gasteiger partial charge in [-0.2, -0.15) is 0 Å². The van der Waals surface area contributed by atoms with Crippen molar-refractivity contribution in [2.24, 2.45) is 5.73 Å². The molecule has 68 valence electrons. The van der Waals surface area contributed by atoms with Gasteiger partial charge in [0.1, 0.15) is 6.10 Å². The zero-order chi connectivity index (χ0) is 8.97. The molecule has 0 bridgehead atoms. The molecule has 4 heteroatoms. The summed E-state index contributed by atoms with van der Waals surface area (Å²) in [7, 11) is 1.64. The first-order valence-electron chi connectivity index (χ1n) is 4.06. The Labute approximate surface area is 72.3 Å². The predicted octanol–water partition coefficient (Wildman–Crippen LogP) is 0.549. The molecule has 2 N–H and O–H groups in total. The molecule has 1 rings (SSSR count). The van der Waals surface area contributed by atoms with E-state index in [0.29, 0.717) is 6.54 Å². The van der Waals surface area contributed by atoms with Gasteiger partial charge in [0.05, 0.1) is 12.0 Å². The van der Waals surface area contributed by atoms with Crippen LogP contribution in [0.1, 0.15) is 18.7 Å². The van der Waals surface area contributed by atoms with Gasteiger partial charge in [0.15, 0.2) is 0 Å². The minimum Gasteiger partial charge on any atom is -0.374 e. The fourth-order valence-corrected chi connectivity index (χ4v) is 1.05. The lowest BCUT2D eigenvalue weighted by Gasteiger charge is -2.08. The van der Waals surface area contributed by atoms with Crippen molar-refractivity contribution in [3.05, 3.63) is 18.2 Å². The summed E-state index contributed by atoms with van der Waals surface area (Å²) in [5.41, 5.74) is 6.40. The number of hydrogen-bond acceptors (Lipinski definition) is 3. The lowest BCUT2D eigenvalue weighted by Crippen LogP contribution is -2.14. The van der Waals surface area contributed by atoms with Gasteiger partial charge in [0, 0.05) is 26.4 Å². The Bertz CT molecular complexity index is 230. The van der Waals surface area contributed by atoms with Crippen LogP contribution in [0.5, 0.6) is 0 Å². The maximum absolute atomic E-state index is 5.49. The average Bonchev–Trinajstić information content (AvgIpc) is 2.55. The minimum atomic E-state index is -0.0715. The van der Waals surface area contributed by atoms with Crippen LogP contribution in [-0.4, -0.2) is 23.2 Å². The van der Waals surface area contributed by atoms with Crippen molar-refractivity contribution in [3.8, 4) is 0 Å². The summed E-state index contributed by atoms with van der Waals surface area (Å²) in [6, 6.07) is 0. The van der Waals surface area contributed by atoms with Gasteiger partial charge in [-0.25, -0.2) is 4.98 Å². The SMILES string of the molecule is CCn1cnc(C(CN)OC)c1. The van der Waals surface area contributed by atoms with Gasteiger partial charge in [-0.05, 0) is 6.92 Å². The summed E-state index contributed by atoms with van der Waals surface area (Å²) >= 11 is 0. The maximum Gasteiger partial charge on any atom is 0.113 e. The molecule has 0 spiro atoms. The van der Waals surface area contributed by atoms with Crippen molar-refractivity contribution in [1.82, 2.24) is 9.55 Å². The van der Waals surface area contributed by atoms with E-state index in [4.69, 9.17) is 10.5 Å². The molecule has 1 aromatic rings. The van der Waals surface area contributed by atoms with Crippen LogP contribution in [-0.2, 0) is 11.3 Å². The highest BCUT2D eigenvalue weighted by molar-refractivity contribution is 5.01. The van der Waals surface area contributed by atoms with E-state index in [1.54, 1.807) is 13.4 Å². The number of nitrogens with zero attached hydrogens (tertiary/aromatic N) is 2. The number of nitrogens with two attached hydrogens (primary N) is 1. The van der Waals surface area contributed by atoms with E-state index in [1.807, 2.05) is 10.8 Å². The third-order valence-electron chi connectivity index (χ3n) is 1.85. The summed E-state index contributed by atoms with van der Waals surface area (Å²) in [6.07, 6.45) is 3.68. The maximum atomic E-state index is 5.49. The summed E-state index contributed by atoms with van der Waals surface area (Å²) in [6.45, 7) is 3.46. The van der Waals surface area contributed by atoms with Crippen molar-refractivity contribution in [2.45, 2.75) is 19.6 Å². The Balaban J connectivity index is 2.72. The Morgan fingerprint density at radius 2 is 2.50 bits per heavy atom. The minimum absolute atomic E-state index is 0.0715. The quantitative estimate of drug-likeness (QED) is 0.716. The Hall–Kier alpha value is -0.870. The second kappa shape index (κ2) is 4.23. The van der Waals surface area contributed by atoms with E-state index in [-0.39, 0.29) is 6.10 Å². The molecule has 0 aliphatic rings. The highest BCUT2D eigenvalue weighted by Crippen LogP contribution is 2.11. The predicted molar refractivity (Wildman–Crippen MR) is 46.7 cm³/mol. The number of ether oxygens (including phenoxy) is 1. The monoisotopic (exact) mass is 169 g/mol. The van der Waals surface area contributed by atoms with Crippen LogP contribution in [0.3, 0.4) is 0 Å². The molecule has 1 unspecified atom stereocenters. The molecule has 1 atom stereocenters. The number of rotatable bonds is 4. The highest BCUT2D eigenvalue weighted by atomic mass is 16.5. The van der Waals surface area contributed by atoms with E-state index in [0.717, 1.165) is 12.2 Å². The molecule has 0 saturated carbocycles. The third-order valence-corrected chi connectivity index (χ3v) is 1.85. The summed E-state index contributed by atoms with van der Waals surface area (Å²) in [4.78, 5) is 4.19. The summed E-state index contributed by atoms with van der Waals surface area (Å²) < 4.78 is 7.14. The normalized spacial score (nSPS) is 13.2. The number of hydrogen-bond donors (Lipinski definition) is 1. The van der Waals surface area contributed by atoms with Crippen LogP contribution >= 0.6 is 0 Å². The van der Waals surface area contributed by atoms with Crippen molar-refractivity contribution in [2.75, 3.05) is 13.7 Å². The van der Waals surface area contributed by atoms with Crippen LogP contribution in [0, 0.1) is 0 Å². The van der Waals surface area contributed by atoms with Gasteiger partial charge in [-0.15, -0.1) is 0 Å². The molecule has 0 radical (unpaired) electrons. The number of methoxy groups -OCH3 is 1. The molecule has 0 aliphatic carbocycles. The molecule has 0 aromatic carbocycles. The molecule has 0 saturated heterocycles. The zero-order valence-electron chi connectivity index (χ0n) is 7.53. The number of aryl methyl sites for hydroxylation is 1. The van der Waals surface area contributed by atoms with E-state index < -0.39 is 0 Å². The van der Waals surface area contributed by atoms with Gasteiger partial charge in [-0.3, -0.25) is 0 Å². The third kappa shape index (κ3) is 1.84. The second-order valence-electron chi connectivity index (χ2n) is 2.59. The fourth-order valence-electron chi connectivity index (χ4n) is 1.05. The molecule has 1 heterocycles. The standard InChI is InChI=1S/C8H15N3O/c1-3-11-5-7(10-6-11)8(4-9)12-2/h5-6,8H,3-4,9H2,1-2H3. The molecule has 0 fully saturated rings. The van der Waals surface area contributed by atoms with Crippen LogP contribution in [0.25, 0.3) is 0 Å². The van der Waals surface area contributed by atoms with Crippen LogP contribution < -0.4 is 5.73 Å². The van der Waals surface area contributed by atoms with Crippen molar-refractivity contribution < 1.29 is 4.74 Å². The summed E-state index contributed by atoms with van der Waals surface area (Å²) in [5, 5.41) is 0. The van der Waals surface area contributed by atoms with E-state index in [9.17, 15) is 0 Å². The number of aromatic nitrogens is 2. The highest BCUT2D eigenvalue weighted by Gasteiger charge is 2.10. The molecule has 4 nitrogen and oxygen atoms in total. The largest absolute Gasteiger partial charge is 0.374 e.